The van der Waals surface area contributed by atoms with Crippen molar-refractivity contribution in [3.8, 4) is 5.75 Å². The second-order valence-electron chi connectivity index (χ2n) is 6.75. The molecule has 2 aromatic rings. The zero-order valence-corrected chi connectivity index (χ0v) is 11.7. The van der Waals surface area contributed by atoms with E-state index in [-0.39, 0.29) is 11.6 Å². The minimum atomic E-state index is -0.144. The van der Waals surface area contributed by atoms with Gasteiger partial charge in [-0.25, -0.2) is 4.39 Å². The molecule has 2 heteroatoms. The molecule has 4 rings (SSSR count). The molecule has 0 aromatic heterocycles. The first kappa shape index (κ1) is 12.2. The lowest BCUT2D eigenvalue weighted by atomic mass is 9.66. The fourth-order valence-corrected chi connectivity index (χ4v) is 4.51. The molecule has 2 atom stereocenters. The fraction of sp³-hybridized carbons (Fsp3) is 0.444. The number of fused-ring (bicyclic) bond motifs is 5. The maximum atomic E-state index is 14.4. The zero-order chi connectivity index (χ0) is 13.9. The Bertz CT molecular complexity index is 706. The number of aromatic hydroxyl groups is 1. The molecule has 0 spiro atoms. The second-order valence-corrected chi connectivity index (χ2v) is 6.75. The maximum Gasteiger partial charge on any atom is 0.131 e. The number of rotatable bonds is 0. The summed E-state index contributed by atoms with van der Waals surface area (Å²) < 4.78 is 14.4. The third-order valence-electron chi connectivity index (χ3n) is 5.62. The Kier molecular flexibility index (Phi) is 2.42. The first-order chi connectivity index (χ1) is 9.58. The highest BCUT2D eigenvalue weighted by molar-refractivity contribution is 5.89. The molecule has 0 amide bonds. The van der Waals surface area contributed by atoms with Gasteiger partial charge in [0.05, 0.1) is 0 Å². The molecule has 2 aliphatic carbocycles. The first-order valence-electron chi connectivity index (χ1n) is 7.52. The summed E-state index contributed by atoms with van der Waals surface area (Å²) in [6.07, 6.45) is 5.87. The number of halogens is 1. The van der Waals surface area contributed by atoms with Crippen LogP contribution in [-0.2, 0) is 6.42 Å². The van der Waals surface area contributed by atoms with E-state index in [1.807, 2.05) is 0 Å². The van der Waals surface area contributed by atoms with Gasteiger partial charge in [-0.05, 0) is 77.8 Å². The standard InChI is InChI=1S/C18H19FO/c1-18-7-2-3-16(18)15-10-17(19)13-5-4-11(20)9-14(13)12(15)6-8-18/h4-5,9-10,16,20H,2-3,6-8H2,1H3. The maximum absolute atomic E-state index is 14.4. The van der Waals surface area contributed by atoms with Crippen LogP contribution in [0, 0.1) is 11.2 Å². The van der Waals surface area contributed by atoms with Gasteiger partial charge in [0.15, 0.2) is 0 Å². The quantitative estimate of drug-likeness (QED) is 0.721. The lowest BCUT2D eigenvalue weighted by Gasteiger charge is -2.38. The van der Waals surface area contributed by atoms with Crippen LogP contribution in [0.15, 0.2) is 24.3 Å². The predicted octanol–water partition coefficient (Wildman–Crippen LogP) is 4.90. The highest BCUT2D eigenvalue weighted by Crippen LogP contribution is 2.56. The number of hydrogen-bond acceptors (Lipinski definition) is 1. The highest BCUT2D eigenvalue weighted by Gasteiger charge is 2.43. The van der Waals surface area contributed by atoms with Crippen LogP contribution in [0.25, 0.3) is 10.8 Å². The lowest BCUT2D eigenvalue weighted by molar-refractivity contribution is 0.252. The molecule has 104 valence electrons. The highest BCUT2D eigenvalue weighted by atomic mass is 19.1. The van der Waals surface area contributed by atoms with E-state index in [0.717, 1.165) is 11.8 Å². The van der Waals surface area contributed by atoms with Crippen molar-refractivity contribution in [3.63, 3.8) is 0 Å². The van der Waals surface area contributed by atoms with E-state index < -0.39 is 0 Å². The number of hydrogen-bond donors (Lipinski definition) is 1. The Morgan fingerprint density at radius 1 is 1.20 bits per heavy atom. The summed E-state index contributed by atoms with van der Waals surface area (Å²) in [5.41, 5.74) is 2.82. The minimum absolute atomic E-state index is 0.144. The molecule has 1 N–H and O–H groups in total. The van der Waals surface area contributed by atoms with Crippen LogP contribution in [0.5, 0.6) is 5.75 Å². The van der Waals surface area contributed by atoms with Crippen LogP contribution in [0.4, 0.5) is 4.39 Å². The Hall–Kier alpha value is -1.57. The van der Waals surface area contributed by atoms with Crippen molar-refractivity contribution < 1.29 is 9.50 Å². The summed E-state index contributed by atoms with van der Waals surface area (Å²) in [4.78, 5) is 0. The average Bonchev–Trinajstić information content (AvgIpc) is 2.81. The summed E-state index contributed by atoms with van der Waals surface area (Å²) in [6, 6.07) is 6.76. The van der Waals surface area contributed by atoms with Crippen molar-refractivity contribution >= 4 is 10.8 Å². The number of aryl methyl sites for hydroxylation is 1. The molecule has 0 radical (unpaired) electrons. The molecule has 2 aliphatic rings. The number of phenols is 1. The summed E-state index contributed by atoms with van der Waals surface area (Å²) >= 11 is 0. The molecule has 1 fully saturated rings. The third kappa shape index (κ3) is 1.54. The molecule has 2 aromatic carbocycles. The Morgan fingerprint density at radius 3 is 2.90 bits per heavy atom. The van der Waals surface area contributed by atoms with Crippen molar-refractivity contribution in [2.75, 3.05) is 0 Å². The Morgan fingerprint density at radius 2 is 2.05 bits per heavy atom. The van der Waals surface area contributed by atoms with Gasteiger partial charge in [0, 0.05) is 5.39 Å². The monoisotopic (exact) mass is 270 g/mol. The second kappa shape index (κ2) is 3.97. The van der Waals surface area contributed by atoms with E-state index in [4.69, 9.17) is 0 Å². The topological polar surface area (TPSA) is 20.2 Å². The van der Waals surface area contributed by atoms with Gasteiger partial charge in [-0.3, -0.25) is 0 Å². The molecule has 0 aliphatic heterocycles. The van der Waals surface area contributed by atoms with Gasteiger partial charge >= 0.3 is 0 Å². The van der Waals surface area contributed by atoms with E-state index >= 15 is 0 Å². The van der Waals surface area contributed by atoms with Gasteiger partial charge in [-0.15, -0.1) is 0 Å². The normalized spacial score (nSPS) is 28.4. The average molecular weight is 270 g/mol. The van der Waals surface area contributed by atoms with Gasteiger partial charge in [-0.1, -0.05) is 13.3 Å². The summed E-state index contributed by atoms with van der Waals surface area (Å²) in [5, 5.41) is 11.3. The molecule has 2 unspecified atom stereocenters. The van der Waals surface area contributed by atoms with Gasteiger partial charge in [0.2, 0.25) is 0 Å². The van der Waals surface area contributed by atoms with Crippen LogP contribution in [-0.4, -0.2) is 5.11 Å². The lowest BCUT2D eigenvalue weighted by Crippen LogP contribution is -2.26. The van der Waals surface area contributed by atoms with Crippen molar-refractivity contribution in [1.82, 2.24) is 0 Å². The minimum Gasteiger partial charge on any atom is -0.508 e. The van der Waals surface area contributed by atoms with Gasteiger partial charge in [0.1, 0.15) is 11.6 Å². The van der Waals surface area contributed by atoms with Crippen molar-refractivity contribution in [1.29, 1.82) is 0 Å². The molecule has 1 nitrogen and oxygen atoms in total. The van der Waals surface area contributed by atoms with Gasteiger partial charge in [-0.2, -0.15) is 0 Å². The first-order valence-corrected chi connectivity index (χ1v) is 7.52. The van der Waals surface area contributed by atoms with Crippen LogP contribution >= 0.6 is 0 Å². The molecule has 0 saturated heterocycles. The van der Waals surface area contributed by atoms with Crippen LogP contribution < -0.4 is 0 Å². The van der Waals surface area contributed by atoms with Crippen molar-refractivity contribution in [2.45, 2.75) is 44.9 Å². The van der Waals surface area contributed by atoms with E-state index in [1.54, 1.807) is 24.3 Å². The van der Waals surface area contributed by atoms with Gasteiger partial charge in [0.25, 0.3) is 0 Å². The number of benzene rings is 2. The summed E-state index contributed by atoms with van der Waals surface area (Å²) in [5.74, 6) is 0.576. The van der Waals surface area contributed by atoms with Crippen LogP contribution in [0.3, 0.4) is 0 Å². The van der Waals surface area contributed by atoms with Crippen molar-refractivity contribution in [3.05, 3.63) is 41.2 Å². The van der Waals surface area contributed by atoms with Crippen LogP contribution in [0.2, 0.25) is 0 Å². The molecule has 20 heavy (non-hydrogen) atoms. The van der Waals surface area contributed by atoms with E-state index in [9.17, 15) is 9.50 Å². The number of phenolic OH excluding ortho intramolecular Hbond substituents is 1. The SMILES string of the molecule is CC12CCCC1c1cc(F)c3ccc(O)cc3c1CC2. The summed E-state index contributed by atoms with van der Waals surface area (Å²) in [6.45, 7) is 2.36. The molecule has 1 saturated carbocycles. The zero-order valence-electron chi connectivity index (χ0n) is 11.7. The fourth-order valence-electron chi connectivity index (χ4n) is 4.51. The molecule has 0 bridgehead atoms. The van der Waals surface area contributed by atoms with Gasteiger partial charge < -0.3 is 5.11 Å². The predicted molar refractivity (Wildman–Crippen MR) is 78.6 cm³/mol. The molecular weight excluding hydrogens is 251 g/mol. The molecular formula is C18H19FO. The smallest absolute Gasteiger partial charge is 0.131 e. The van der Waals surface area contributed by atoms with E-state index in [0.29, 0.717) is 16.7 Å². The Balaban J connectivity index is 2.02. The van der Waals surface area contributed by atoms with Crippen LogP contribution in [0.1, 0.15) is 49.7 Å². The molecule has 0 heterocycles. The summed E-state index contributed by atoms with van der Waals surface area (Å²) in [7, 11) is 0. The Labute approximate surface area is 118 Å². The van der Waals surface area contributed by atoms with E-state index in [1.165, 1.54) is 36.8 Å². The van der Waals surface area contributed by atoms with E-state index in [2.05, 4.69) is 6.92 Å². The van der Waals surface area contributed by atoms with Crippen molar-refractivity contribution in [2.24, 2.45) is 5.41 Å². The third-order valence-corrected chi connectivity index (χ3v) is 5.62. The largest absolute Gasteiger partial charge is 0.508 e.